The standard InChI is InChI=1S/C19H18F3N5O/c1-2-13-10-16(19(20,21)22)27-17(24-13)11-14(25-27)15-4-3-9-26(15)18(28)12-5-7-23-8-6-12/h5-8,10-11,15H,2-4,9H2,1H3/t15-/m1/s1. The van der Waals surface area contributed by atoms with Crippen LogP contribution in [0.1, 0.15) is 53.2 Å². The highest BCUT2D eigenvalue weighted by Gasteiger charge is 2.37. The van der Waals surface area contributed by atoms with Gasteiger partial charge >= 0.3 is 6.18 Å². The predicted octanol–water partition coefficient (Wildman–Crippen LogP) is 3.68. The van der Waals surface area contributed by atoms with Gasteiger partial charge in [-0.2, -0.15) is 18.3 Å². The summed E-state index contributed by atoms with van der Waals surface area (Å²) in [7, 11) is 0. The molecule has 3 aromatic rings. The van der Waals surface area contributed by atoms with Crippen LogP contribution in [0.15, 0.2) is 36.7 Å². The highest BCUT2D eigenvalue weighted by Crippen LogP contribution is 2.35. The first-order chi connectivity index (χ1) is 13.4. The van der Waals surface area contributed by atoms with E-state index in [1.807, 2.05) is 0 Å². The van der Waals surface area contributed by atoms with Crippen molar-refractivity contribution < 1.29 is 18.0 Å². The lowest BCUT2D eigenvalue weighted by Crippen LogP contribution is -2.30. The first-order valence-electron chi connectivity index (χ1n) is 9.06. The van der Waals surface area contributed by atoms with Gasteiger partial charge in [-0.3, -0.25) is 9.78 Å². The van der Waals surface area contributed by atoms with Crippen LogP contribution in [0, 0.1) is 0 Å². The van der Waals surface area contributed by atoms with Gasteiger partial charge in [0.05, 0.1) is 11.7 Å². The molecule has 1 aliphatic rings. The number of nitrogens with zero attached hydrogens (tertiary/aromatic N) is 5. The van der Waals surface area contributed by atoms with Gasteiger partial charge in [-0.1, -0.05) is 6.92 Å². The predicted molar refractivity (Wildman–Crippen MR) is 94.6 cm³/mol. The minimum Gasteiger partial charge on any atom is -0.330 e. The Balaban J connectivity index is 1.75. The number of halogens is 3. The number of aromatic nitrogens is 4. The smallest absolute Gasteiger partial charge is 0.330 e. The molecule has 4 heterocycles. The van der Waals surface area contributed by atoms with Crippen molar-refractivity contribution in [2.75, 3.05) is 6.54 Å². The quantitative estimate of drug-likeness (QED) is 0.686. The van der Waals surface area contributed by atoms with E-state index in [0.29, 0.717) is 36.3 Å². The minimum atomic E-state index is -4.55. The number of pyridine rings is 1. The molecule has 1 fully saturated rings. The van der Waals surface area contributed by atoms with Gasteiger partial charge in [0.2, 0.25) is 0 Å². The van der Waals surface area contributed by atoms with E-state index in [9.17, 15) is 18.0 Å². The highest BCUT2D eigenvalue weighted by molar-refractivity contribution is 5.94. The number of rotatable bonds is 3. The molecule has 0 aromatic carbocycles. The summed E-state index contributed by atoms with van der Waals surface area (Å²) < 4.78 is 41.3. The normalized spacial score (nSPS) is 17.4. The van der Waals surface area contributed by atoms with Crippen molar-refractivity contribution in [2.45, 2.75) is 38.4 Å². The first kappa shape index (κ1) is 18.4. The summed E-state index contributed by atoms with van der Waals surface area (Å²) in [5.41, 5.74) is 0.553. The lowest BCUT2D eigenvalue weighted by molar-refractivity contribution is -0.142. The van der Waals surface area contributed by atoms with E-state index in [1.165, 1.54) is 12.4 Å². The van der Waals surface area contributed by atoms with Gasteiger partial charge in [-0.15, -0.1) is 0 Å². The lowest BCUT2D eigenvalue weighted by Gasteiger charge is -2.23. The second kappa shape index (κ2) is 6.88. The largest absolute Gasteiger partial charge is 0.433 e. The first-order valence-corrected chi connectivity index (χ1v) is 9.06. The summed E-state index contributed by atoms with van der Waals surface area (Å²) in [5.74, 6) is -0.180. The van der Waals surface area contributed by atoms with Crippen molar-refractivity contribution in [3.05, 3.63) is 59.3 Å². The molecule has 4 rings (SSSR count). The van der Waals surface area contributed by atoms with Crippen molar-refractivity contribution in [1.82, 2.24) is 24.5 Å². The van der Waals surface area contributed by atoms with E-state index >= 15 is 0 Å². The Bertz CT molecular complexity index is 1020. The number of likely N-dealkylation sites (tertiary alicyclic amines) is 1. The van der Waals surface area contributed by atoms with Crippen LogP contribution in [0.25, 0.3) is 5.65 Å². The van der Waals surface area contributed by atoms with Crippen LogP contribution in [0.5, 0.6) is 0 Å². The van der Waals surface area contributed by atoms with Gasteiger partial charge in [0.1, 0.15) is 5.69 Å². The van der Waals surface area contributed by atoms with Gasteiger partial charge in [0.15, 0.2) is 5.65 Å². The Kier molecular flexibility index (Phi) is 4.52. The zero-order valence-electron chi connectivity index (χ0n) is 15.1. The summed E-state index contributed by atoms with van der Waals surface area (Å²) in [6.45, 7) is 2.28. The fourth-order valence-corrected chi connectivity index (χ4v) is 3.57. The van der Waals surface area contributed by atoms with Crippen LogP contribution in [0.3, 0.4) is 0 Å². The summed E-state index contributed by atoms with van der Waals surface area (Å²) in [4.78, 5) is 22.7. The van der Waals surface area contributed by atoms with Crippen LogP contribution in [-0.2, 0) is 12.6 Å². The van der Waals surface area contributed by atoms with Crippen molar-refractivity contribution in [2.24, 2.45) is 0 Å². The van der Waals surface area contributed by atoms with E-state index in [2.05, 4.69) is 15.1 Å². The summed E-state index contributed by atoms with van der Waals surface area (Å²) in [6.07, 6.45) is 0.314. The topological polar surface area (TPSA) is 63.4 Å². The van der Waals surface area contributed by atoms with Crippen LogP contribution in [0.2, 0.25) is 0 Å². The molecule has 6 nitrogen and oxygen atoms in total. The third-order valence-electron chi connectivity index (χ3n) is 4.93. The van der Waals surface area contributed by atoms with Gasteiger partial charge in [-0.25, -0.2) is 9.50 Å². The Morgan fingerprint density at radius 1 is 1.25 bits per heavy atom. The number of hydrogen-bond donors (Lipinski definition) is 0. The van der Waals surface area contributed by atoms with E-state index in [0.717, 1.165) is 17.0 Å². The molecular formula is C19H18F3N5O. The van der Waals surface area contributed by atoms with Crippen LogP contribution >= 0.6 is 0 Å². The average Bonchev–Trinajstić information content (AvgIpc) is 3.32. The number of aryl methyl sites for hydroxylation is 1. The highest BCUT2D eigenvalue weighted by atomic mass is 19.4. The zero-order valence-corrected chi connectivity index (χ0v) is 15.1. The van der Waals surface area contributed by atoms with Gasteiger partial charge in [0, 0.05) is 36.3 Å². The average molecular weight is 389 g/mol. The molecule has 0 saturated carbocycles. The fourth-order valence-electron chi connectivity index (χ4n) is 3.57. The number of carbonyl (C=O) groups excluding carboxylic acids is 1. The molecule has 0 unspecified atom stereocenters. The van der Waals surface area contributed by atoms with Crippen LogP contribution in [-0.4, -0.2) is 36.9 Å². The zero-order chi connectivity index (χ0) is 19.9. The molecule has 28 heavy (non-hydrogen) atoms. The van der Waals surface area contributed by atoms with Crippen molar-refractivity contribution in [3.63, 3.8) is 0 Å². The molecule has 0 N–H and O–H groups in total. The summed E-state index contributed by atoms with van der Waals surface area (Å²) in [5, 5.41) is 4.19. The number of amides is 1. The molecular weight excluding hydrogens is 371 g/mol. The third kappa shape index (κ3) is 3.21. The number of hydrogen-bond acceptors (Lipinski definition) is 4. The number of alkyl halides is 3. The number of carbonyl (C=O) groups is 1. The molecule has 0 spiro atoms. The van der Waals surface area contributed by atoms with E-state index in [1.54, 1.807) is 30.0 Å². The summed E-state index contributed by atoms with van der Waals surface area (Å²) >= 11 is 0. The summed E-state index contributed by atoms with van der Waals surface area (Å²) in [6, 6.07) is 5.44. The minimum absolute atomic E-state index is 0.143. The molecule has 1 aliphatic heterocycles. The Morgan fingerprint density at radius 2 is 2.00 bits per heavy atom. The van der Waals surface area contributed by atoms with E-state index < -0.39 is 11.9 Å². The van der Waals surface area contributed by atoms with Crippen LogP contribution in [0.4, 0.5) is 13.2 Å². The van der Waals surface area contributed by atoms with Gasteiger partial charge in [0.25, 0.3) is 5.91 Å². The lowest BCUT2D eigenvalue weighted by atomic mass is 10.1. The maximum Gasteiger partial charge on any atom is 0.433 e. The molecule has 9 heteroatoms. The SMILES string of the molecule is CCc1cc(C(F)(F)F)n2nc([C@H]3CCCN3C(=O)c3ccncc3)cc2n1. The molecule has 0 radical (unpaired) electrons. The number of fused-ring (bicyclic) bond motifs is 1. The molecule has 146 valence electrons. The fraction of sp³-hybridized carbons (Fsp3) is 0.368. The van der Waals surface area contributed by atoms with Gasteiger partial charge < -0.3 is 4.90 Å². The second-order valence-corrected chi connectivity index (χ2v) is 6.72. The third-order valence-corrected chi connectivity index (χ3v) is 4.93. The maximum atomic E-state index is 13.5. The monoisotopic (exact) mass is 389 g/mol. The Morgan fingerprint density at radius 3 is 2.68 bits per heavy atom. The van der Waals surface area contributed by atoms with Crippen molar-refractivity contribution >= 4 is 11.6 Å². The van der Waals surface area contributed by atoms with Gasteiger partial charge in [-0.05, 0) is 37.5 Å². The van der Waals surface area contributed by atoms with E-state index in [4.69, 9.17) is 0 Å². The Hall–Kier alpha value is -2.97. The molecule has 0 aliphatic carbocycles. The molecule has 1 atom stereocenters. The second-order valence-electron chi connectivity index (χ2n) is 6.72. The Labute approximate surface area is 159 Å². The van der Waals surface area contributed by atoms with Crippen molar-refractivity contribution in [3.8, 4) is 0 Å². The van der Waals surface area contributed by atoms with Crippen molar-refractivity contribution in [1.29, 1.82) is 0 Å². The molecule has 0 bridgehead atoms. The molecule has 1 saturated heterocycles. The van der Waals surface area contributed by atoms with E-state index in [-0.39, 0.29) is 17.6 Å². The maximum absolute atomic E-state index is 13.5. The van der Waals surface area contributed by atoms with Crippen LogP contribution < -0.4 is 0 Å². The molecule has 3 aromatic heterocycles. The molecule has 1 amide bonds.